The van der Waals surface area contributed by atoms with Gasteiger partial charge in [-0.3, -0.25) is 0 Å². The van der Waals surface area contributed by atoms with Gasteiger partial charge in [0.15, 0.2) is 0 Å². The Bertz CT molecular complexity index is 603. The molecule has 0 atom stereocenters. The fourth-order valence-electron chi connectivity index (χ4n) is 2.31. The van der Waals surface area contributed by atoms with Crippen molar-refractivity contribution in [1.29, 1.82) is 0 Å². The van der Waals surface area contributed by atoms with Gasteiger partial charge in [-0.2, -0.15) is 0 Å². The Kier molecular flexibility index (Phi) is 5.04. The molecule has 0 heterocycles. The van der Waals surface area contributed by atoms with Crippen LogP contribution in [0.4, 0.5) is 0 Å². The van der Waals surface area contributed by atoms with Crippen LogP contribution >= 0.6 is 0 Å². The van der Waals surface area contributed by atoms with Gasteiger partial charge >= 0.3 is 0 Å². The second kappa shape index (κ2) is 6.98. The molecule has 0 aliphatic heterocycles. The molecule has 2 aromatic rings. The first-order chi connectivity index (χ1) is 10.1. The Balaban J connectivity index is 2.24. The van der Waals surface area contributed by atoms with E-state index in [0.29, 0.717) is 0 Å². The maximum absolute atomic E-state index is 5.22. The number of methoxy groups -OCH3 is 2. The molecule has 0 aliphatic carbocycles. The van der Waals surface area contributed by atoms with Gasteiger partial charge in [-0.05, 0) is 61.2 Å². The average molecular weight is 282 g/mol. The summed E-state index contributed by atoms with van der Waals surface area (Å²) in [4.78, 5) is 0. The third-order valence-electron chi connectivity index (χ3n) is 3.58. The predicted octanol–water partition coefficient (Wildman–Crippen LogP) is 4.74. The Morgan fingerprint density at radius 1 is 0.762 bits per heavy atom. The maximum atomic E-state index is 5.22. The molecule has 0 aromatic heterocycles. The summed E-state index contributed by atoms with van der Waals surface area (Å²) >= 11 is 0. The van der Waals surface area contributed by atoms with Gasteiger partial charge in [0.1, 0.15) is 11.5 Å². The molecule has 110 valence electrons. The van der Waals surface area contributed by atoms with Crippen LogP contribution < -0.4 is 9.47 Å². The van der Waals surface area contributed by atoms with E-state index in [1.165, 1.54) is 22.3 Å². The van der Waals surface area contributed by atoms with Crippen LogP contribution in [-0.2, 0) is 6.42 Å². The molecule has 21 heavy (non-hydrogen) atoms. The molecule has 0 N–H and O–H groups in total. The normalized spacial score (nSPS) is 10.1. The van der Waals surface area contributed by atoms with Crippen molar-refractivity contribution < 1.29 is 9.47 Å². The van der Waals surface area contributed by atoms with Gasteiger partial charge < -0.3 is 9.47 Å². The minimum Gasteiger partial charge on any atom is -0.497 e. The zero-order valence-corrected chi connectivity index (χ0v) is 13.1. The van der Waals surface area contributed by atoms with E-state index in [4.69, 9.17) is 9.47 Å². The molecule has 2 rings (SSSR count). The number of benzene rings is 2. The standard InChI is InChI=1S/C19H22O2/c1-14(2)19(16-7-11-18(21-4)12-8-16)13-15-5-9-17(20-3)10-6-15/h5-12H,13H2,1-4H3. The van der Waals surface area contributed by atoms with Crippen LogP contribution in [-0.4, -0.2) is 14.2 Å². The largest absolute Gasteiger partial charge is 0.497 e. The zero-order valence-electron chi connectivity index (χ0n) is 13.1. The molecule has 2 heteroatoms. The molecule has 0 unspecified atom stereocenters. The molecular formula is C19H22O2. The highest BCUT2D eigenvalue weighted by molar-refractivity contribution is 5.70. The maximum Gasteiger partial charge on any atom is 0.118 e. The number of hydrogen-bond acceptors (Lipinski definition) is 2. The molecule has 0 spiro atoms. The molecule has 0 saturated carbocycles. The summed E-state index contributed by atoms with van der Waals surface area (Å²) in [5.74, 6) is 1.78. The van der Waals surface area contributed by atoms with Gasteiger partial charge in [-0.15, -0.1) is 0 Å². The molecule has 0 saturated heterocycles. The molecule has 0 aliphatic rings. The molecule has 0 radical (unpaired) electrons. The SMILES string of the molecule is COc1ccc(CC(=C(C)C)c2ccc(OC)cc2)cc1. The smallest absolute Gasteiger partial charge is 0.118 e. The van der Waals surface area contributed by atoms with Gasteiger partial charge in [0.05, 0.1) is 14.2 Å². The van der Waals surface area contributed by atoms with E-state index in [2.05, 4.69) is 38.1 Å². The topological polar surface area (TPSA) is 18.5 Å². The van der Waals surface area contributed by atoms with Crippen molar-refractivity contribution in [2.24, 2.45) is 0 Å². The van der Waals surface area contributed by atoms with Crippen LogP contribution in [0.2, 0.25) is 0 Å². The van der Waals surface area contributed by atoms with Crippen molar-refractivity contribution in [2.75, 3.05) is 14.2 Å². The third kappa shape index (κ3) is 3.88. The lowest BCUT2D eigenvalue weighted by molar-refractivity contribution is 0.414. The van der Waals surface area contributed by atoms with E-state index in [-0.39, 0.29) is 0 Å². The quantitative estimate of drug-likeness (QED) is 0.788. The third-order valence-corrected chi connectivity index (χ3v) is 3.58. The second-order valence-corrected chi connectivity index (χ2v) is 5.23. The van der Waals surface area contributed by atoms with Gasteiger partial charge in [0.25, 0.3) is 0 Å². The van der Waals surface area contributed by atoms with E-state index in [0.717, 1.165) is 17.9 Å². The van der Waals surface area contributed by atoms with Crippen LogP contribution in [0.25, 0.3) is 5.57 Å². The Morgan fingerprint density at radius 3 is 1.67 bits per heavy atom. The van der Waals surface area contributed by atoms with E-state index in [1.807, 2.05) is 24.3 Å². The number of allylic oxidation sites excluding steroid dienone is 2. The van der Waals surface area contributed by atoms with E-state index < -0.39 is 0 Å². The lowest BCUT2D eigenvalue weighted by Gasteiger charge is -2.12. The summed E-state index contributed by atoms with van der Waals surface area (Å²) in [6, 6.07) is 16.5. The summed E-state index contributed by atoms with van der Waals surface area (Å²) in [6.07, 6.45) is 0.915. The molecule has 2 nitrogen and oxygen atoms in total. The van der Waals surface area contributed by atoms with Crippen molar-refractivity contribution in [3.05, 3.63) is 65.2 Å². The lowest BCUT2D eigenvalue weighted by atomic mass is 9.94. The molecule has 2 aromatic carbocycles. The van der Waals surface area contributed by atoms with E-state index >= 15 is 0 Å². The highest BCUT2D eigenvalue weighted by atomic mass is 16.5. The average Bonchev–Trinajstić information content (AvgIpc) is 2.53. The number of rotatable bonds is 5. The van der Waals surface area contributed by atoms with Crippen molar-refractivity contribution in [2.45, 2.75) is 20.3 Å². The van der Waals surface area contributed by atoms with Crippen LogP contribution in [0.1, 0.15) is 25.0 Å². The van der Waals surface area contributed by atoms with E-state index in [1.54, 1.807) is 14.2 Å². The lowest BCUT2D eigenvalue weighted by Crippen LogP contribution is -1.94. The molecular weight excluding hydrogens is 260 g/mol. The molecule has 0 fully saturated rings. The number of ether oxygens (including phenoxy) is 2. The van der Waals surface area contributed by atoms with Crippen LogP contribution in [0, 0.1) is 0 Å². The molecule has 0 bridgehead atoms. The summed E-state index contributed by atoms with van der Waals surface area (Å²) < 4.78 is 10.4. The first kappa shape index (κ1) is 15.2. The Hall–Kier alpha value is -2.22. The fourth-order valence-corrected chi connectivity index (χ4v) is 2.31. The Morgan fingerprint density at radius 2 is 1.24 bits per heavy atom. The van der Waals surface area contributed by atoms with Gasteiger partial charge in [0, 0.05) is 0 Å². The highest BCUT2D eigenvalue weighted by Crippen LogP contribution is 2.26. The first-order valence-electron chi connectivity index (χ1n) is 7.07. The number of hydrogen-bond donors (Lipinski definition) is 0. The summed E-state index contributed by atoms with van der Waals surface area (Å²) in [7, 11) is 3.38. The van der Waals surface area contributed by atoms with Crippen molar-refractivity contribution in [3.8, 4) is 11.5 Å². The predicted molar refractivity (Wildman–Crippen MR) is 88.0 cm³/mol. The van der Waals surface area contributed by atoms with Gasteiger partial charge in [0.2, 0.25) is 0 Å². The van der Waals surface area contributed by atoms with Crippen LogP contribution in [0.15, 0.2) is 54.1 Å². The summed E-state index contributed by atoms with van der Waals surface area (Å²) in [5, 5.41) is 0. The van der Waals surface area contributed by atoms with E-state index in [9.17, 15) is 0 Å². The van der Waals surface area contributed by atoms with Gasteiger partial charge in [-0.1, -0.05) is 29.8 Å². The Labute approximate surface area is 127 Å². The van der Waals surface area contributed by atoms with Crippen molar-refractivity contribution >= 4 is 5.57 Å². The van der Waals surface area contributed by atoms with Crippen LogP contribution in [0.3, 0.4) is 0 Å². The monoisotopic (exact) mass is 282 g/mol. The van der Waals surface area contributed by atoms with Crippen LogP contribution in [0.5, 0.6) is 11.5 Å². The second-order valence-electron chi connectivity index (χ2n) is 5.23. The first-order valence-corrected chi connectivity index (χ1v) is 7.07. The molecule has 0 amide bonds. The van der Waals surface area contributed by atoms with Crippen molar-refractivity contribution in [1.82, 2.24) is 0 Å². The van der Waals surface area contributed by atoms with Crippen molar-refractivity contribution in [3.63, 3.8) is 0 Å². The highest BCUT2D eigenvalue weighted by Gasteiger charge is 2.06. The van der Waals surface area contributed by atoms with Gasteiger partial charge in [-0.25, -0.2) is 0 Å². The minimum absolute atomic E-state index is 0.885. The fraction of sp³-hybridized carbons (Fsp3) is 0.263. The zero-order chi connectivity index (χ0) is 15.2. The summed E-state index contributed by atoms with van der Waals surface area (Å²) in [6.45, 7) is 4.31. The summed E-state index contributed by atoms with van der Waals surface area (Å²) in [5.41, 5.74) is 5.20. The minimum atomic E-state index is 0.885.